The van der Waals surface area contributed by atoms with Gasteiger partial charge in [-0.2, -0.15) is 0 Å². The Morgan fingerprint density at radius 3 is 2.70 bits per heavy atom. The van der Waals surface area contributed by atoms with Crippen LogP contribution in [0, 0.1) is 5.92 Å². The van der Waals surface area contributed by atoms with Crippen LogP contribution in [0.3, 0.4) is 0 Å². The van der Waals surface area contributed by atoms with E-state index < -0.39 is 6.36 Å². The fourth-order valence-electron chi connectivity index (χ4n) is 2.78. The van der Waals surface area contributed by atoms with Crippen molar-refractivity contribution in [3.63, 3.8) is 0 Å². The molecule has 0 radical (unpaired) electrons. The molecule has 1 aliphatic heterocycles. The maximum atomic E-state index is 12.7. The topological polar surface area (TPSA) is 38.8 Å². The lowest BCUT2D eigenvalue weighted by atomic mass is 10.1. The summed E-state index contributed by atoms with van der Waals surface area (Å²) in [5.41, 5.74) is 0.220. The fraction of sp³-hybridized carbons (Fsp3) is 0.562. The van der Waals surface area contributed by atoms with Gasteiger partial charge in [-0.1, -0.05) is 6.07 Å². The summed E-state index contributed by atoms with van der Waals surface area (Å²) in [5.74, 6) is -0.315. The van der Waals surface area contributed by atoms with Crippen LogP contribution in [0.2, 0.25) is 0 Å². The minimum absolute atomic E-state index is 0.190. The van der Waals surface area contributed by atoms with Gasteiger partial charge in [-0.05, 0) is 37.5 Å². The molecule has 1 aromatic carbocycles. The lowest BCUT2D eigenvalue weighted by Crippen LogP contribution is -2.37. The molecule has 1 heterocycles. The van der Waals surface area contributed by atoms with Crippen LogP contribution in [0.4, 0.5) is 13.2 Å². The van der Waals surface area contributed by atoms with Crippen molar-refractivity contribution in [1.29, 1.82) is 0 Å². The highest BCUT2D eigenvalue weighted by Gasteiger charge is 2.36. The number of carbonyl (C=O) groups is 1. The molecule has 7 heteroatoms. The number of nitrogens with zero attached hydrogens (tertiary/aromatic N) is 1. The molecule has 0 unspecified atom stereocenters. The molecule has 1 saturated heterocycles. The van der Waals surface area contributed by atoms with Gasteiger partial charge in [-0.3, -0.25) is 4.79 Å². The summed E-state index contributed by atoms with van der Waals surface area (Å²) in [4.78, 5) is 14.5. The zero-order valence-corrected chi connectivity index (χ0v) is 12.5. The van der Waals surface area contributed by atoms with Crippen molar-refractivity contribution >= 4 is 5.91 Å². The first-order valence-electron chi connectivity index (χ1n) is 7.67. The number of hydrogen-bond donors (Lipinski definition) is 0. The molecule has 1 atom stereocenters. The van der Waals surface area contributed by atoms with Crippen LogP contribution in [0.1, 0.15) is 29.6 Å². The number of amides is 1. The third-order valence-corrected chi connectivity index (χ3v) is 4.04. The summed E-state index contributed by atoms with van der Waals surface area (Å²) in [5, 5.41) is 0. The number of rotatable bonds is 5. The molecule has 0 aromatic heterocycles. The Hall–Kier alpha value is -1.76. The van der Waals surface area contributed by atoms with E-state index in [2.05, 4.69) is 4.74 Å². The lowest BCUT2D eigenvalue weighted by Gasteiger charge is -2.25. The van der Waals surface area contributed by atoms with Gasteiger partial charge in [0.15, 0.2) is 0 Å². The summed E-state index contributed by atoms with van der Waals surface area (Å²) in [6.45, 7) is 1.92. The highest BCUT2D eigenvalue weighted by Crippen LogP contribution is 2.31. The maximum absolute atomic E-state index is 12.7. The van der Waals surface area contributed by atoms with E-state index >= 15 is 0 Å². The molecule has 0 spiro atoms. The van der Waals surface area contributed by atoms with Crippen molar-refractivity contribution in [1.82, 2.24) is 4.90 Å². The number of hydrogen-bond acceptors (Lipinski definition) is 3. The van der Waals surface area contributed by atoms with E-state index in [-0.39, 0.29) is 23.3 Å². The average molecular weight is 329 g/mol. The summed E-state index contributed by atoms with van der Waals surface area (Å²) >= 11 is 0. The van der Waals surface area contributed by atoms with Crippen molar-refractivity contribution in [3.8, 4) is 5.75 Å². The number of halogens is 3. The van der Waals surface area contributed by atoms with Crippen LogP contribution in [0.25, 0.3) is 0 Å². The van der Waals surface area contributed by atoms with Gasteiger partial charge in [-0.25, -0.2) is 0 Å². The average Bonchev–Trinajstić information content (AvgIpc) is 3.19. The zero-order chi connectivity index (χ0) is 16.4. The summed E-state index contributed by atoms with van der Waals surface area (Å²) in [6, 6.07) is 5.45. The van der Waals surface area contributed by atoms with Gasteiger partial charge >= 0.3 is 6.36 Å². The highest BCUT2D eigenvalue weighted by atomic mass is 19.4. The number of ether oxygens (including phenoxy) is 2. The van der Waals surface area contributed by atoms with Crippen molar-refractivity contribution in [2.24, 2.45) is 5.92 Å². The van der Waals surface area contributed by atoms with Gasteiger partial charge < -0.3 is 14.4 Å². The number of alkyl halides is 3. The zero-order valence-electron chi connectivity index (χ0n) is 12.5. The smallest absolute Gasteiger partial charge is 0.406 e. The van der Waals surface area contributed by atoms with Gasteiger partial charge in [0.1, 0.15) is 5.75 Å². The van der Waals surface area contributed by atoms with Gasteiger partial charge in [-0.15, -0.1) is 13.2 Å². The van der Waals surface area contributed by atoms with E-state index in [1.807, 2.05) is 0 Å². The number of benzene rings is 1. The predicted molar refractivity (Wildman–Crippen MR) is 76.1 cm³/mol. The quantitative estimate of drug-likeness (QED) is 0.832. The standard InChI is InChI=1S/C16H18F3NO3/c17-16(18,19)23-14-3-1-2-12(8-14)15(21)20(13-4-5-13)9-11-6-7-22-10-11/h1-3,8,11,13H,4-7,9-10H2/t11-/m1/s1. The van der Waals surface area contributed by atoms with Crippen LogP contribution < -0.4 is 4.74 Å². The van der Waals surface area contributed by atoms with Gasteiger partial charge in [0, 0.05) is 30.7 Å². The molecular formula is C16H18F3NO3. The van der Waals surface area contributed by atoms with Crippen molar-refractivity contribution in [3.05, 3.63) is 29.8 Å². The van der Waals surface area contributed by atoms with Crippen LogP contribution in [0.5, 0.6) is 5.75 Å². The molecule has 2 fully saturated rings. The first-order valence-corrected chi connectivity index (χ1v) is 7.67. The molecule has 1 amide bonds. The molecule has 126 valence electrons. The van der Waals surface area contributed by atoms with E-state index in [1.54, 1.807) is 4.90 Å². The van der Waals surface area contributed by atoms with Gasteiger partial charge in [0.25, 0.3) is 5.91 Å². The van der Waals surface area contributed by atoms with Crippen LogP contribution in [0.15, 0.2) is 24.3 Å². The maximum Gasteiger partial charge on any atom is 0.573 e. The van der Waals surface area contributed by atoms with Crippen LogP contribution in [-0.4, -0.2) is 43.0 Å². The van der Waals surface area contributed by atoms with E-state index in [4.69, 9.17) is 4.74 Å². The molecular weight excluding hydrogens is 311 g/mol. The van der Waals surface area contributed by atoms with Crippen molar-refractivity contribution in [2.75, 3.05) is 19.8 Å². The molecule has 4 nitrogen and oxygen atoms in total. The normalized spacial score (nSPS) is 21.3. The second-order valence-corrected chi connectivity index (χ2v) is 5.99. The Morgan fingerprint density at radius 2 is 2.09 bits per heavy atom. The molecule has 1 aromatic rings. The van der Waals surface area contributed by atoms with Gasteiger partial charge in [0.05, 0.1) is 6.61 Å². The fourth-order valence-corrected chi connectivity index (χ4v) is 2.78. The minimum atomic E-state index is -4.76. The second-order valence-electron chi connectivity index (χ2n) is 5.99. The Bertz CT molecular complexity index is 566. The van der Waals surface area contributed by atoms with E-state index in [9.17, 15) is 18.0 Å². The third kappa shape index (κ3) is 4.37. The molecule has 3 rings (SSSR count). The Morgan fingerprint density at radius 1 is 1.30 bits per heavy atom. The van der Waals surface area contributed by atoms with E-state index in [0.717, 1.165) is 25.3 Å². The first-order chi connectivity index (χ1) is 10.9. The summed E-state index contributed by atoms with van der Waals surface area (Å²) in [7, 11) is 0. The molecule has 1 aliphatic carbocycles. The lowest BCUT2D eigenvalue weighted by molar-refractivity contribution is -0.274. The van der Waals surface area contributed by atoms with Crippen molar-refractivity contribution in [2.45, 2.75) is 31.7 Å². The van der Waals surface area contributed by atoms with E-state index in [1.165, 1.54) is 18.2 Å². The molecule has 0 N–H and O–H groups in total. The third-order valence-electron chi connectivity index (χ3n) is 4.04. The van der Waals surface area contributed by atoms with Gasteiger partial charge in [0.2, 0.25) is 0 Å². The highest BCUT2D eigenvalue weighted by molar-refractivity contribution is 5.95. The van der Waals surface area contributed by atoms with Crippen LogP contribution in [-0.2, 0) is 4.74 Å². The minimum Gasteiger partial charge on any atom is -0.406 e. The summed E-state index contributed by atoms with van der Waals surface area (Å²) in [6.07, 6.45) is -1.97. The van der Waals surface area contributed by atoms with E-state index in [0.29, 0.717) is 25.7 Å². The molecule has 0 bridgehead atoms. The Kier molecular flexibility index (Phi) is 4.48. The monoisotopic (exact) mass is 329 g/mol. The predicted octanol–water partition coefficient (Wildman–Crippen LogP) is 3.23. The molecule has 23 heavy (non-hydrogen) atoms. The summed E-state index contributed by atoms with van der Waals surface area (Å²) < 4.78 is 46.2. The second kappa shape index (κ2) is 6.39. The number of carbonyl (C=O) groups excluding carboxylic acids is 1. The largest absolute Gasteiger partial charge is 0.573 e. The SMILES string of the molecule is O=C(c1cccc(OC(F)(F)F)c1)N(C[C@H]1CCOC1)C1CC1. The Balaban J connectivity index is 1.73. The Labute approximate surface area is 132 Å². The molecule has 1 saturated carbocycles. The van der Waals surface area contributed by atoms with Crippen molar-refractivity contribution < 1.29 is 27.4 Å². The first kappa shape index (κ1) is 16.1. The van der Waals surface area contributed by atoms with Crippen LogP contribution >= 0.6 is 0 Å². The molecule has 2 aliphatic rings.